The largest absolute Gasteiger partial charge is 0.545 e. The molecule has 0 fully saturated rings. The van der Waals surface area contributed by atoms with Gasteiger partial charge < -0.3 is 33.3 Å². The van der Waals surface area contributed by atoms with E-state index in [9.17, 15) is 19.5 Å². The van der Waals surface area contributed by atoms with Crippen molar-refractivity contribution in [3.8, 4) is 0 Å². The quantitative estimate of drug-likeness (QED) is 0.0195. The number of unbranched alkanes of at least 4 members (excludes halogenated alkanes) is 15. The molecule has 0 N–H and O–H groups in total. The first kappa shape index (κ1) is 70.4. The summed E-state index contributed by atoms with van der Waals surface area (Å²) >= 11 is 0. The van der Waals surface area contributed by atoms with Gasteiger partial charge in [-0.05, 0) is 109 Å². The third-order valence-corrected chi connectivity index (χ3v) is 11.9. The van der Waals surface area contributed by atoms with E-state index in [4.69, 9.17) is 18.9 Å². The molecule has 0 saturated carbocycles. The van der Waals surface area contributed by atoms with Crippen molar-refractivity contribution in [1.82, 2.24) is 0 Å². The lowest BCUT2D eigenvalue weighted by molar-refractivity contribution is -0.870. The molecule has 0 saturated heterocycles. The zero-order valence-electron chi connectivity index (χ0n) is 48.1. The van der Waals surface area contributed by atoms with Crippen molar-refractivity contribution in [2.24, 2.45) is 0 Å². The Morgan fingerprint density at radius 2 is 0.720 bits per heavy atom. The van der Waals surface area contributed by atoms with Gasteiger partial charge in [0.15, 0.2) is 12.4 Å². The minimum Gasteiger partial charge on any atom is -0.545 e. The predicted molar refractivity (Wildman–Crippen MR) is 315 cm³/mol. The number of rotatable bonds is 52. The number of carboxylic acids is 1. The number of carbonyl (C=O) groups excluding carboxylic acids is 3. The summed E-state index contributed by atoms with van der Waals surface area (Å²) in [5.41, 5.74) is 0. The van der Waals surface area contributed by atoms with Crippen molar-refractivity contribution in [2.75, 3.05) is 47.5 Å². The molecule has 0 aromatic heterocycles. The molecule has 0 aromatic rings. The summed E-state index contributed by atoms with van der Waals surface area (Å²) in [4.78, 5) is 37.3. The van der Waals surface area contributed by atoms with Gasteiger partial charge in [0.05, 0.1) is 40.3 Å². The van der Waals surface area contributed by atoms with Crippen LogP contribution in [0.5, 0.6) is 0 Å². The SMILES string of the molecule is CC/C=C\C/C=C\C/C=C\C/C=C\C/C=C\C/C=C\CCCCCCC(=O)OC(COC(=O)CCCCCCCCCCCCC/C=C\C/C=C\C/C=C\C/C=C\C/C=C\CC)COC(OCC[N+](C)(C)C)C(=O)[O-]. The van der Waals surface area contributed by atoms with Gasteiger partial charge in [0.2, 0.25) is 0 Å². The molecule has 0 bridgehead atoms. The second-order valence-corrected chi connectivity index (χ2v) is 20.2. The molecule has 0 rings (SSSR count). The average molecular weight is 1040 g/mol. The van der Waals surface area contributed by atoms with Crippen molar-refractivity contribution in [2.45, 2.75) is 219 Å². The van der Waals surface area contributed by atoms with Crippen LogP contribution in [0.2, 0.25) is 0 Å². The Morgan fingerprint density at radius 3 is 1.07 bits per heavy atom. The summed E-state index contributed by atoms with van der Waals surface area (Å²) in [6.45, 7) is 4.47. The number of hydrogen-bond acceptors (Lipinski definition) is 8. The van der Waals surface area contributed by atoms with Crippen molar-refractivity contribution in [3.05, 3.63) is 134 Å². The van der Waals surface area contributed by atoms with Crippen LogP contribution < -0.4 is 5.11 Å². The summed E-state index contributed by atoms with van der Waals surface area (Å²) in [6, 6.07) is 0. The Morgan fingerprint density at radius 1 is 0.400 bits per heavy atom. The molecule has 0 aliphatic heterocycles. The number of ether oxygens (including phenoxy) is 4. The Labute approximate surface area is 459 Å². The molecule has 75 heavy (non-hydrogen) atoms. The maximum Gasteiger partial charge on any atom is 0.306 e. The number of carboxylic acid groups (broad SMARTS) is 1. The van der Waals surface area contributed by atoms with Crippen LogP contribution in [-0.4, -0.2) is 82.3 Å². The predicted octanol–water partition coefficient (Wildman–Crippen LogP) is 16.1. The molecule has 0 aliphatic rings. The van der Waals surface area contributed by atoms with Gasteiger partial charge >= 0.3 is 11.9 Å². The number of likely N-dealkylation sites (N-methyl/N-ethyl adjacent to an activating group) is 1. The van der Waals surface area contributed by atoms with Crippen LogP contribution in [0.1, 0.15) is 206 Å². The van der Waals surface area contributed by atoms with E-state index in [1.54, 1.807) is 0 Å². The summed E-state index contributed by atoms with van der Waals surface area (Å²) in [7, 11) is 5.90. The highest BCUT2D eigenvalue weighted by atomic mass is 16.7. The van der Waals surface area contributed by atoms with Gasteiger partial charge in [-0.2, -0.15) is 0 Å². The fourth-order valence-electron chi connectivity index (χ4n) is 7.45. The van der Waals surface area contributed by atoms with E-state index in [0.29, 0.717) is 17.4 Å². The first-order valence-electron chi connectivity index (χ1n) is 29.3. The summed E-state index contributed by atoms with van der Waals surface area (Å²) in [5, 5.41) is 11.8. The van der Waals surface area contributed by atoms with Gasteiger partial charge in [-0.25, -0.2) is 0 Å². The summed E-state index contributed by atoms with van der Waals surface area (Å²) in [6.07, 6.45) is 76.4. The molecule has 9 nitrogen and oxygen atoms in total. The molecule has 0 aliphatic carbocycles. The number of carbonyl (C=O) groups is 3. The standard InChI is InChI=1S/C66H107NO8/c1-6-8-10-12-14-16-18-20-22-24-26-28-30-31-32-33-35-36-38-40-42-44-46-48-50-52-54-56-63(68)73-60-62(61-74-66(65(70)71)72-59-58-67(3,4)5)75-64(69)57-55-53-51-49-47-45-43-41-39-37-34-29-27-25-23-21-19-17-15-13-11-9-7-2/h8-11,14-17,20-23,26-29,31-32,37,39,43,45,62,66H,6-7,12-13,18-19,24-25,30,33-36,38,40-42,44,46-61H2,1-5H3/b10-8-,11-9-,16-14-,17-15-,22-20-,23-21-,28-26-,29-27-,32-31-,39-37-,45-43-. The number of aliphatic carboxylic acids is 1. The normalized spacial score (nSPS) is 13.8. The monoisotopic (exact) mass is 1040 g/mol. The fraction of sp³-hybridized carbons (Fsp3) is 0.621. The van der Waals surface area contributed by atoms with Gasteiger partial charge in [0, 0.05) is 12.8 Å². The Bertz CT molecular complexity index is 1690. The second kappa shape index (κ2) is 55.7. The van der Waals surface area contributed by atoms with Crippen LogP contribution in [0.15, 0.2) is 134 Å². The van der Waals surface area contributed by atoms with E-state index in [2.05, 4.69) is 148 Å². The van der Waals surface area contributed by atoms with Crippen molar-refractivity contribution >= 4 is 17.9 Å². The first-order chi connectivity index (χ1) is 36.6. The highest BCUT2D eigenvalue weighted by Crippen LogP contribution is 2.14. The molecule has 0 aromatic carbocycles. The van der Waals surface area contributed by atoms with E-state index in [1.807, 2.05) is 21.1 Å². The van der Waals surface area contributed by atoms with Crippen LogP contribution in [0.25, 0.3) is 0 Å². The molecule has 424 valence electrons. The molecule has 2 unspecified atom stereocenters. The maximum absolute atomic E-state index is 12.9. The molecule has 0 radical (unpaired) electrons. The summed E-state index contributed by atoms with van der Waals surface area (Å²) < 4.78 is 22.7. The molecule has 0 spiro atoms. The number of nitrogens with zero attached hydrogens (tertiary/aromatic N) is 1. The number of quaternary nitrogens is 1. The smallest absolute Gasteiger partial charge is 0.306 e. The lowest BCUT2D eigenvalue weighted by atomic mass is 10.0. The molecular weight excluding hydrogens is 935 g/mol. The van der Waals surface area contributed by atoms with Gasteiger partial charge in [-0.15, -0.1) is 0 Å². The summed E-state index contributed by atoms with van der Waals surface area (Å²) in [5.74, 6) is -2.34. The molecule has 0 amide bonds. The minimum atomic E-state index is -1.64. The van der Waals surface area contributed by atoms with Crippen LogP contribution >= 0.6 is 0 Å². The third-order valence-electron chi connectivity index (χ3n) is 11.9. The molecule has 9 heteroatoms. The topological polar surface area (TPSA) is 111 Å². The van der Waals surface area contributed by atoms with Gasteiger partial charge in [0.1, 0.15) is 13.2 Å². The second-order valence-electron chi connectivity index (χ2n) is 20.2. The van der Waals surface area contributed by atoms with Gasteiger partial charge in [-0.3, -0.25) is 9.59 Å². The third kappa shape index (κ3) is 57.0. The minimum absolute atomic E-state index is 0.134. The van der Waals surface area contributed by atoms with Crippen LogP contribution in [-0.2, 0) is 33.3 Å². The van der Waals surface area contributed by atoms with E-state index >= 15 is 0 Å². The average Bonchev–Trinajstić information content (AvgIpc) is 3.38. The van der Waals surface area contributed by atoms with E-state index in [1.165, 1.54) is 44.9 Å². The fourth-order valence-corrected chi connectivity index (χ4v) is 7.45. The van der Waals surface area contributed by atoms with Gasteiger partial charge in [-0.1, -0.05) is 218 Å². The van der Waals surface area contributed by atoms with Gasteiger partial charge in [0.25, 0.3) is 0 Å². The molecule has 0 heterocycles. The van der Waals surface area contributed by atoms with Crippen molar-refractivity contribution in [3.63, 3.8) is 0 Å². The molecule has 2 atom stereocenters. The van der Waals surface area contributed by atoms with Crippen LogP contribution in [0.4, 0.5) is 0 Å². The number of esters is 2. The highest BCUT2D eigenvalue weighted by Gasteiger charge is 2.22. The van der Waals surface area contributed by atoms with Crippen molar-refractivity contribution in [1.29, 1.82) is 0 Å². The number of allylic oxidation sites excluding steroid dienone is 22. The molecular formula is C66H107NO8. The zero-order chi connectivity index (χ0) is 54.8. The van der Waals surface area contributed by atoms with Crippen molar-refractivity contribution < 1.29 is 42.9 Å². The Hall–Kier alpha value is -4.57. The maximum atomic E-state index is 12.9. The van der Waals surface area contributed by atoms with E-state index in [0.717, 1.165) is 128 Å². The lowest BCUT2D eigenvalue weighted by Gasteiger charge is -2.26. The van der Waals surface area contributed by atoms with Crippen LogP contribution in [0, 0.1) is 0 Å². The number of hydrogen-bond donors (Lipinski definition) is 0. The lowest BCUT2D eigenvalue weighted by Crippen LogP contribution is -2.44. The highest BCUT2D eigenvalue weighted by molar-refractivity contribution is 5.70. The zero-order valence-corrected chi connectivity index (χ0v) is 48.1. The van der Waals surface area contributed by atoms with Crippen LogP contribution in [0.3, 0.4) is 0 Å². The Balaban J connectivity index is 4.32. The first-order valence-corrected chi connectivity index (χ1v) is 29.3. The Kier molecular flexibility index (Phi) is 52.3. The van der Waals surface area contributed by atoms with E-state index < -0.39 is 24.3 Å². The van der Waals surface area contributed by atoms with E-state index in [-0.39, 0.29) is 38.6 Å².